The lowest BCUT2D eigenvalue weighted by atomic mass is 9.69. The van der Waals surface area contributed by atoms with Crippen LogP contribution in [-0.4, -0.2) is 28.6 Å². The Hall–Kier alpha value is -2.50. The first-order chi connectivity index (χ1) is 9.42. The second kappa shape index (κ2) is 4.00. The van der Waals surface area contributed by atoms with Gasteiger partial charge in [-0.2, -0.15) is 0 Å². The summed E-state index contributed by atoms with van der Waals surface area (Å²) in [4.78, 5) is 51.9. The van der Waals surface area contributed by atoms with Crippen LogP contribution in [0.5, 0.6) is 0 Å². The minimum atomic E-state index is -0.938. The number of Topliss-reactive ketones (excluding diaryl/α,β-unsaturated/α-hetero) is 1. The van der Waals surface area contributed by atoms with Gasteiger partial charge in [-0.05, 0) is 19.1 Å². The average molecular weight is 273 g/mol. The zero-order chi connectivity index (χ0) is 14.5. The van der Waals surface area contributed by atoms with E-state index in [4.69, 9.17) is 4.84 Å². The van der Waals surface area contributed by atoms with Crippen molar-refractivity contribution in [3.05, 3.63) is 35.4 Å². The first-order valence-corrected chi connectivity index (χ1v) is 6.14. The van der Waals surface area contributed by atoms with Gasteiger partial charge in [0.05, 0.1) is 16.5 Å². The monoisotopic (exact) mass is 273 g/mol. The number of hydroxylamine groups is 2. The molecule has 20 heavy (non-hydrogen) atoms. The van der Waals surface area contributed by atoms with Crippen LogP contribution in [0.2, 0.25) is 0 Å². The maximum Gasteiger partial charge on any atom is 0.339 e. The van der Waals surface area contributed by atoms with Gasteiger partial charge in [0, 0.05) is 12.8 Å². The SMILES string of the molecule is CC1(C(=O)ON2C(=O)c3ccccc3C2=O)CC(=O)C1. The van der Waals surface area contributed by atoms with Crippen molar-refractivity contribution in [2.45, 2.75) is 19.8 Å². The summed E-state index contributed by atoms with van der Waals surface area (Å²) in [5, 5.41) is 0.473. The van der Waals surface area contributed by atoms with Gasteiger partial charge in [-0.1, -0.05) is 17.2 Å². The number of carbonyl (C=O) groups excluding carboxylic acids is 4. The quantitative estimate of drug-likeness (QED) is 0.754. The molecule has 0 atom stereocenters. The number of hydrogen-bond acceptors (Lipinski definition) is 5. The predicted octanol–water partition coefficient (Wildman–Crippen LogP) is 1.11. The third-order valence-electron chi connectivity index (χ3n) is 3.60. The lowest BCUT2D eigenvalue weighted by Crippen LogP contribution is -2.46. The topological polar surface area (TPSA) is 80.8 Å². The number of rotatable bonds is 2. The highest BCUT2D eigenvalue weighted by Gasteiger charge is 2.50. The zero-order valence-electron chi connectivity index (χ0n) is 10.7. The molecule has 1 saturated carbocycles. The Morgan fingerprint density at radius 3 is 2.05 bits per heavy atom. The number of amides is 2. The van der Waals surface area contributed by atoms with Gasteiger partial charge < -0.3 is 4.84 Å². The number of imide groups is 1. The van der Waals surface area contributed by atoms with Crippen LogP contribution in [0.15, 0.2) is 24.3 Å². The predicted molar refractivity (Wildman–Crippen MR) is 65.4 cm³/mol. The minimum absolute atomic E-state index is 0.0354. The van der Waals surface area contributed by atoms with E-state index in [1.807, 2.05) is 0 Å². The van der Waals surface area contributed by atoms with E-state index < -0.39 is 23.2 Å². The van der Waals surface area contributed by atoms with Crippen LogP contribution in [0.4, 0.5) is 0 Å². The van der Waals surface area contributed by atoms with Gasteiger partial charge in [0.2, 0.25) is 0 Å². The van der Waals surface area contributed by atoms with Gasteiger partial charge in [-0.15, -0.1) is 0 Å². The molecule has 1 aliphatic heterocycles. The van der Waals surface area contributed by atoms with E-state index in [0.29, 0.717) is 5.06 Å². The molecule has 0 unspecified atom stereocenters. The molecule has 0 bridgehead atoms. The van der Waals surface area contributed by atoms with E-state index in [2.05, 4.69) is 0 Å². The van der Waals surface area contributed by atoms with Crippen molar-refractivity contribution < 1.29 is 24.0 Å². The number of ketones is 1. The van der Waals surface area contributed by atoms with Crippen molar-refractivity contribution in [2.24, 2.45) is 5.41 Å². The highest BCUT2D eigenvalue weighted by atomic mass is 16.7. The molecule has 0 spiro atoms. The van der Waals surface area contributed by atoms with Crippen LogP contribution >= 0.6 is 0 Å². The van der Waals surface area contributed by atoms with E-state index >= 15 is 0 Å². The Bertz CT molecular complexity index is 620. The summed E-state index contributed by atoms with van der Waals surface area (Å²) in [5.41, 5.74) is -0.521. The molecule has 3 rings (SSSR count). The normalized spacial score (nSPS) is 19.6. The zero-order valence-corrected chi connectivity index (χ0v) is 10.7. The van der Waals surface area contributed by atoms with Crippen molar-refractivity contribution in [3.63, 3.8) is 0 Å². The first kappa shape index (κ1) is 12.5. The third-order valence-corrected chi connectivity index (χ3v) is 3.60. The third kappa shape index (κ3) is 1.65. The van der Waals surface area contributed by atoms with Crippen LogP contribution in [0.3, 0.4) is 0 Å². The van der Waals surface area contributed by atoms with Crippen LogP contribution in [0.25, 0.3) is 0 Å². The fourth-order valence-electron chi connectivity index (χ4n) is 2.41. The molecule has 102 valence electrons. The van der Waals surface area contributed by atoms with Gasteiger partial charge in [0.15, 0.2) is 0 Å². The van der Waals surface area contributed by atoms with Gasteiger partial charge in [0.1, 0.15) is 5.78 Å². The van der Waals surface area contributed by atoms with E-state index in [-0.39, 0.29) is 29.8 Å². The summed E-state index contributed by atoms with van der Waals surface area (Å²) in [5.74, 6) is -2.08. The lowest BCUT2D eigenvalue weighted by molar-refractivity contribution is -0.186. The molecule has 1 aliphatic carbocycles. The Kier molecular flexibility index (Phi) is 2.50. The largest absolute Gasteiger partial charge is 0.339 e. The number of hydrogen-bond donors (Lipinski definition) is 0. The maximum atomic E-state index is 12.0. The summed E-state index contributed by atoms with van der Waals surface area (Å²) in [6.07, 6.45) is 0.157. The fraction of sp³-hybridized carbons (Fsp3) is 0.286. The molecule has 6 heteroatoms. The Labute approximate surface area is 114 Å². The molecule has 6 nitrogen and oxygen atoms in total. The summed E-state index contributed by atoms with van der Waals surface area (Å²) in [6, 6.07) is 6.25. The number of fused-ring (bicyclic) bond motifs is 1. The molecule has 0 N–H and O–H groups in total. The maximum absolute atomic E-state index is 12.0. The molecule has 0 radical (unpaired) electrons. The first-order valence-electron chi connectivity index (χ1n) is 6.14. The molecule has 1 fully saturated rings. The second-order valence-corrected chi connectivity index (χ2v) is 5.28. The summed E-state index contributed by atoms with van der Waals surface area (Å²) >= 11 is 0. The molecule has 2 aliphatic rings. The molecule has 1 heterocycles. The fourth-order valence-corrected chi connectivity index (χ4v) is 2.41. The molecule has 0 aromatic heterocycles. The van der Waals surface area contributed by atoms with Crippen molar-refractivity contribution >= 4 is 23.6 Å². The smallest absolute Gasteiger partial charge is 0.329 e. The van der Waals surface area contributed by atoms with E-state index in [9.17, 15) is 19.2 Å². The number of benzene rings is 1. The number of nitrogens with zero attached hydrogens (tertiary/aromatic N) is 1. The highest BCUT2D eigenvalue weighted by molar-refractivity contribution is 6.21. The summed E-state index contributed by atoms with van der Waals surface area (Å²) < 4.78 is 0. The Morgan fingerprint density at radius 2 is 1.60 bits per heavy atom. The molecular weight excluding hydrogens is 262 g/mol. The van der Waals surface area contributed by atoms with Crippen molar-refractivity contribution in [1.29, 1.82) is 0 Å². The van der Waals surface area contributed by atoms with Gasteiger partial charge in [-0.25, -0.2) is 4.79 Å². The Balaban J connectivity index is 1.80. The van der Waals surface area contributed by atoms with Crippen molar-refractivity contribution in [1.82, 2.24) is 5.06 Å². The van der Waals surface area contributed by atoms with Gasteiger partial charge in [0.25, 0.3) is 11.8 Å². The Morgan fingerprint density at radius 1 is 1.10 bits per heavy atom. The highest BCUT2D eigenvalue weighted by Crippen LogP contribution is 2.39. The second-order valence-electron chi connectivity index (χ2n) is 5.28. The van der Waals surface area contributed by atoms with E-state index in [1.165, 1.54) is 12.1 Å². The van der Waals surface area contributed by atoms with Gasteiger partial charge >= 0.3 is 5.97 Å². The summed E-state index contributed by atoms with van der Waals surface area (Å²) in [7, 11) is 0. The standard InChI is InChI=1S/C14H11NO5/c1-14(6-8(16)7-14)13(19)20-15-11(17)9-4-2-3-5-10(9)12(15)18/h2-5H,6-7H2,1H3. The van der Waals surface area contributed by atoms with Crippen molar-refractivity contribution in [2.75, 3.05) is 0 Å². The van der Waals surface area contributed by atoms with Crippen LogP contribution in [0.1, 0.15) is 40.5 Å². The molecule has 1 aromatic carbocycles. The van der Waals surface area contributed by atoms with Crippen LogP contribution in [0, 0.1) is 5.41 Å². The van der Waals surface area contributed by atoms with E-state index in [1.54, 1.807) is 19.1 Å². The molecule has 2 amide bonds. The lowest BCUT2D eigenvalue weighted by Gasteiger charge is -2.34. The number of carbonyl (C=O) groups is 4. The van der Waals surface area contributed by atoms with Gasteiger partial charge in [-0.3, -0.25) is 14.4 Å². The van der Waals surface area contributed by atoms with Crippen LogP contribution in [-0.2, 0) is 14.4 Å². The average Bonchev–Trinajstić information content (AvgIpc) is 2.63. The molecule has 1 aromatic rings. The van der Waals surface area contributed by atoms with Crippen molar-refractivity contribution in [3.8, 4) is 0 Å². The summed E-state index contributed by atoms with van der Waals surface area (Å²) in [6.45, 7) is 1.58. The van der Waals surface area contributed by atoms with Crippen LogP contribution < -0.4 is 0 Å². The minimum Gasteiger partial charge on any atom is -0.329 e. The molecular formula is C14H11NO5. The molecule has 0 saturated heterocycles. The van der Waals surface area contributed by atoms with E-state index in [0.717, 1.165) is 0 Å².